The minimum atomic E-state index is -0.259. The molecule has 0 aromatic heterocycles. The smallest absolute Gasteiger partial charge is 0.237 e. The Morgan fingerprint density at radius 1 is 1.78 bits per heavy atom. The highest BCUT2D eigenvalue weighted by atomic mass is 35.5. The van der Waals surface area contributed by atoms with Gasteiger partial charge >= 0.3 is 0 Å². The van der Waals surface area contributed by atoms with Crippen molar-refractivity contribution in [1.82, 2.24) is 5.32 Å². The van der Waals surface area contributed by atoms with Gasteiger partial charge in [0.1, 0.15) is 0 Å². The summed E-state index contributed by atoms with van der Waals surface area (Å²) in [7, 11) is 0. The molecule has 3 N–H and O–H groups in total. The van der Waals surface area contributed by atoms with E-state index in [0.29, 0.717) is 0 Å². The zero-order chi connectivity index (χ0) is 6.15. The Kier molecular flexibility index (Phi) is 2.94. The molecule has 1 rings (SSSR count). The fraction of sp³-hybridized carbons (Fsp3) is 0.800. The maximum absolute atomic E-state index is 10.5. The van der Waals surface area contributed by atoms with Crippen molar-refractivity contribution in [2.75, 3.05) is 0 Å². The second-order valence-corrected chi connectivity index (χ2v) is 2.25. The molecule has 0 aromatic carbocycles. The standard InChI is InChI=1S/C5H10N2O.ClH/c1-3-2-4(6)5(8)7-3;/h3-4H,2,6H2,1H3,(H,7,8);1H/t3-,4-;/m0./s1. The molecule has 54 valence electrons. The zero-order valence-corrected chi connectivity index (χ0v) is 6.07. The van der Waals surface area contributed by atoms with Gasteiger partial charge in [0.15, 0.2) is 0 Å². The topological polar surface area (TPSA) is 55.1 Å². The summed E-state index contributed by atoms with van der Waals surface area (Å²) in [4.78, 5) is 10.5. The average molecular weight is 151 g/mol. The Hall–Kier alpha value is -0.280. The third-order valence-corrected chi connectivity index (χ3v) is 1.33. The van der Waals surface area contributed by atoms with Crippen LogP contribution < -0.4 is 11.1 Å². The van der Waals surface area contributed by atoms with E-state index in [-0.39, 0.29) is 30.4 Å². The van der Waals surface area contributed by atoms with Gasteiger partial charge in [0.25, 0.3) is 0 Å². The van der Waals surface area contributed by atoms with E-state index in [9.17, 15) is 4.79 Å². The lowest BCUT2D eigenvalue weighted by Gasteiger charge is -1.95. The molecular weight excluding hydrogens is 140 g/mol. The number of hydrogen-bond acceptors (Lipinski definition) is 2. The van der Waals surface area contributed by atoms with Crippen LogP contribution in [0.4, 0.5) is 0 Å². The third kappa shape index (κ3) is 1.84. The molecule has 0 unspecified atom stereocenters. The Morgan fingerprint density at radius 3 is 2.44 bits per heavy atom. The molecule has 3 nitrogen and oxygen atoms in total. The Labute approximate surface area is 60.4 Å². The molecule has 0 spiro atoms. The van der Waals surface area contributed by atoms with Crippen molar-refractivity contribution in [1.29, 1.82) is 0 Å². The molecule has 1 aliphatic rings. The van der Waals surface area contributed by atoms with Gasteiger partial charge in [-0.1, -0.05) is 0 Å². The molecule has 0 aromatic rings. The summed E-state index contributed by atoms with van der Waals surface area (Å²) in [5.41, 5.74) is 5.36. The predicted octanol–water partition coefficient (Wildman–Crippen LogP) is -0.356. The number of hydrogen-bond donors (Lipinski definition) is 2. The molecule has 1 aliphatic heterocycles. The van der Waals surface area contributed by atoms with Gasteiger partial charge in [-0.05, 0) is 13.3 Å². The van der Waals surface area contributed by atoms with Crippen LogP contribution in [0.15, 0.2) is 0 Å². The minimum Gasteiger partial charge on any atom is -0.352 e. The first-order valence-electron chi connectivity index (χ1n) is 2.76. The first-order valence-corrected chi connectivity index (χ1v) is 2.76. The second-order valence-electron chi connectivity index (χ2n) is 2.25. The minimum absolute atomic E-state index is 0. The molecule has 1 amide bonds. The van der Waals surface area contributed by atoms with E-state index >= 15 is 0 Å². The summed E-state index contributed by atoms with van der Waals surface area (Å²) in [5.74, 6) is -0.0162. The van der Waals surface area contributed by atoms with E-state index < -0.39 is 0 Å². The van der Waals surface area contributed by atoms with Crippen LogP contribution >= 0.6 is 12.4 Å². The highest BCUT2D eigenvalue weighted by molar-refractivity contribution is 5.85. The normalized spacial score (nSPS) is 33.3. The lowest BCUT2D eigenvalue weighted by molar-refractivity contribution is -0.120. The van der Waals surface area contributed by atoms with Crippen molar-refractivity contribution in [2.24, 2.45) is 5.73 Å². The van der Waals surface area contributed by atoms with Crippen molar-refractivity contribution >= 4 is 18.3 Å². The summed E-state index contributed by atoms with van der Waals surface area (Å²) >= 11 is 0. The first kappa shape index (κ1) is 8.72. The van der Waals surface area contributed by atoms with Gasteiger partial charge in [-0.25, -0.2) is 0 Å². The monoisotopic (exact) mass is 150 g/mol. The maximum Gasteiger partial charge on any atom is 0.237 e. The van der Waals surface area contributed by atoms with Gasteiger partial charge < -0.3 is 11.1 Å². The maximum atomic E-state index is 10.5. The summed E-state index contributed by atoms with van der Waals surface area (Å²) in [6.45, 7) is 1.95. The van der Waals surface area contributed by atoms with Gasteiger partial charge in [-0.15, -0.1) is 12.4 Å². The Balaban J connectivity index is 0.000000640. The second kappa shape index (κ2) is 3.03. The molecule has 1 saturated heterocycles. The molecule has 4 heteroatoms. The van der Waals surface area contributed by atoms with Crippen molar-refractivity contribution in [3.8, 4) is 0 Å². The molecule has 0 radical (unpaired) electrons. The molecule has 0 aliphatic carbocycles. The number of nitrogens with two attached hydrogens (primary N) is 1. The van der Waals surface area contributed by atoms with E-state index in [1.807, 2.05) is 6.92 Å². The highest BCUT2D eigenvalue weighted by Crippen LogP contribution is 2.03. The van der Waals surface area contributed by atoms with E-state index in [0.717, 1.165) is 6.42 Å². The number of rotatable bonds is 0. The molecule has 1 fully saturated rings. The van der Waals surface area contributed by atoms with E-state index in [4.69, 9.17) is 5.73 Å². The van der Waals surface area contributed by atoms with Crippen LogP contribution in [-0.2, 0) is 4.79 Å². The van der Waals surface area contributed by atoms with Crippen LogP contribution in [0.3, 0.4) is 0 Å². The molecule has 1 heterocycles. The fourth-order valence-electron chi connectivity index (χ4n) is 0.897. The predicted molar refractivity (Wildman–Crippen MR) is 37.4 cm³/mol. The van der Waals surface area contributed by atoms with Gasteiger partial charge in [0.2, 0.25) is 5.91 Å². The quantitative estimate of drug-likeness (QED) is 0.496. The van der Waals surface area contributed by atoms with E-state index in [2.05, 4.69) is 5.32 Å². The Bertz CT molecular complexity index is 118. The number of carbonyl (C=O) groups is 1. The first-order chi connectivity index (χ1) is 3.70. The van der Waals surface area contributed by atoms with Crippen molar-refractivity contribution in [2.45, 2.75) is 25.4 Å². The summed E-state index contributed by atoms with van der Waals surface area (Å²) in [6.07, 6.45) is 0.777. The number of carbonyl (C=O) groups excluding carboxylic acids is 1. The van der Waals surface area contributed by atoms with Crippen LogP contribution in [0.2, 0.25) is 0 Å². The lowest BCUT2D eigenvalue weighted by atomic mass is 10.2. The summed E-state index contributed by atoms with van der Waals surface area (Å²) in [6, 6.07) is 0.0162. The SMILES string of the molecule is C[C@H]1C[C@H](N)C(=O)N1.Cl. The number of halogens is 1. The number of nitrogens with one attached hydrogen (secondary N) is 1. The van der Waals surface area contributed by atoms with Crippen LogP contribution in [-0.4, -0.2) is 18.0 Å². The summed E-state index contributed by atoms with van der Waals surface area (Å²) < 4.78 is 0. The fourth-order valence-corrected chi connectivity index (χ4v) is 0.897. The van der Waals surface area contributed by atoms with Gasteiger partial charge in [0.05, 0.1) is 6.04 Å². The van der Waals surface area contributed by atoms with Crippen LogP contribution in [0.5, 0.6) is 0 Å². The van der Waals surface area contributed by atoms with E-state index in [1.165, 1.54) is 0 Å². The molecular formula is C5H11ClN2O. The van der Waals surface area contributed by atoms with Crippen LogP contribution in [0, 0.1) is 0 Å². The number of amides is 1. The van der Waals surface area contributed by atoms with Gasteiger partial charge in [0, 0.05) is 6.04 Å². The van der Waals surface area contributed by atoms with Crippen molar-refractivity contribution in [3.63, 3.8) is 0 Å². The average Bonchev–Trinajstić information content (AvgIpc) is 1.85. The van der Waals surface area contributed by atoms with Crippen LogP contribution in [0.1, 0.15) is 13.3 Å². The molecule has 2 atom stereocenters. The molecule has 0 bridgehead atoms. The summed E-state index contributed by atoms with van der Waals surface area (Å²) in [5, 5.41) is 2.70. The van der Waals surface area contributed by atoms with Crippen LogP contribution in [0.25, 0.3) is 0 Å². The van der Waals surface area contributed by atoms with Crippen molar-refractivity contribution in [3.05, 3.63) is 0 Å². The van der Waals surface area contributed by atoms with E-state index in [1.54, 1.807) is 0 Å². The highest BCUT2D eigenvalue weighted by Gasteiger charge is 2.24. The zero-order valence-electron chi connectivity index (χ0n) is 5.26. The molecule has 0 saturated carbocycles. The Morgan fingerprint density at radius 2 is 2.33 bits per heavy atom. The van der Waals surface area contributed by atoms with Gasteiger partial charge in [-0.2, -0.15) is 0 Å². The largest absolute Gasteiger partial charge is 0.352 e. The van der Waals surface area contributed by atoms with Gasteiger partial charge in [-0.3, -0.25) is 4.79 Å². The lowest BCUT2D eigenvalue weighted by Crippen LogP contribution is -2.30. The third-order valence-electron chi connectivity index (χ3n) is 1.33. The molecule has 9 heavy (non-hydrogen) atoms. The van der Waals surface area contributed by atoms with Crippen molar-refractivity contribution < 1.29 is 4.79 Å².